The fourth-order valence-electron chi connectivity index (χ4n) is 3.03. The second kappa shape index (κ2) is 4.02. The molecule has 0 radical (unpaired) electrons. The number of fused-ring (bicyclic) bond motifs is 3. The number of rotatable bonds is 1. The third-order valence-electron chi connectivity index (χ3n) is 4.00. The number of hydrogen-bond donors (Lipinski definition) is 2. The summed E-state index contributed by atoms with van der Waals surface area (Å²) in [5, 5.41) is 13.2. The first kappa shape index (κ1) is 11.6. The van der Waals surface area contributed by atoms with E-state index < -0.39 is 12.0 Å². The van der Waals surface area contributed by atoms with Gasteiger partial charge in [-0.25, -0.2) is 4.79 Å². The van der Waals surface area contributed by atoms with Crippen LogP contribution in [0.2, 0.25) is 5.02 Å². The molecule has 0 aromatic heterocycles. The number of carboxylic acid groups (broad SMARTS) is 1. The van der Waals surface area contributed by atoms with Gasteiger partial charge in [-0.1, -0.05) is 29.8 Å². The highest BCUT2D eigenvalue weighted by Gasteiger charge is 2.41. The van der Waals surface area contributed by atoms with Gasteiger partial charge in [-0.05, 0) is 30.5 Å². The Kier molecular flexibility index (Phi) is 2.59. The number of carbonyl (C=O) groups is 1. The topological polar surface area (TPSA) is 49.3 Å². The van der Waals surface area contributed by atoms with Gasteiger partial charge >= 0.3 is 5.97 Å². The van der Waals surface area contributed by atoms with Crippen LogP contribution in [0.3, 0.4) is 0 Å². The second-order valence-corrected chi connectivity index (χ2v) is 5.36. The lowest BCUT2D eigenvalue weighted by Gasteiger charge is -2.35. The Morgan fingerprint density at radius 3 is 3.00 bits per heavy atom. The summed E-state index contributed by atoms with van der Waals surface area (Å²) >= 11 is 6.11. The molecule has 0 saturated heterocycles. The fourth-order valence-corrected chi connectivity index (χ4v) is 3.19. The zero-order valence-electron chi connectivity index (χ0n) is 9.98. The number of carboxylic acids is 1. The molecule has 1 heterocycles. The van der Waals surface area contributed by atoms with E-state index in [-0.39, 0.29) is 11.8 Å². The van der Waals surface area contributed by atoms with Crippen molar-refractivity contribution in [2.75, 3.05) is 5.32 Å². The molecule has 0 bridgehead atoms. The van der Waals surface area contributed by atoms with Crippen molar-refractivity contribution in [2.45, 2.75) is 25.3 Å². The van der Waals surface area contributed by atoms with Crippen molar-refractivity contribution < 1.29 is 9.90 Å². The highest BCUT2D eigenvalue weighted by atomic mass is 35.5. The predicted molar refractivity (Wildman–Crippen MR) is 71.2 cm³/mol. The minimum Gasteiger partial charge on any atom is -0.480 e. The summed E-state index contributed by atoms with van der Waals surface area (Å²) in [7, 11) is 0. The molecule has 0 spiro atoms. The van der Waals surface area contributed by atoms with E-state index in [0.717, 1.165) is 23.2 Å². The van der Waals surface area contributed by atoms with Crippen molar-refractivity contribution in [3.8, 4) is 0 Å². The van der Waals surface area contributed by atoms with Crippen molar-refractivity contribution in [3.05, 3.63) is 40.4 Å². The van der Waals surface area contributed by atoms with Gasteiger partial charge in [0, 0.05) is 22.5 Å². The zero-order valence-corrected chi connectivity index (χ0v) is 10.7. The van der Waals surface area contributed by atoms with Crippen LogP contribution < -0.4 is 5.32 Å². The lowest BCUT2D eigenvalue weighted by molar-refractivity contribution is -0.139. The molecule has 18 heavy (non-hydrogen) atoms. The molecule has 0 saturated carbocycles. The standard InChI is InChI=1S/C14H14ClNO2/c1-7-11(15)6-5-10-8-3-2-4-9(8)13(14(17)18)16-12(7)10/h2-3,5-6,8-9,13,16H,4H2,1H3,(H,17,18)/t8-,9+,13+/m1/s1. The maximum Gasteiger partial charge on any atom is 0.326 e. The first-order chi connectivity index (χ1) is 8.59. The van der Waals surface area contributed by atoms with Crippen molar-refractivity contribution >= 4 is 23.3 Å². The van der Waals surface area contributed by atoms with Crippen LogP contribution in [0.4, 0.5) is 5.69 Å². The Labute approximate surface area is 110 Å². The summed E-state index contributed by atoms with van der Waals surface area (Å²) in [6.45, 7) is 1.92. The maximum atomic E-state index is 11.4. The zero-order chi connectivity index (χ0) is 12.9. The minimum absolute atomic E-state index is 0.107. The smallest absolute Gasteiger partial charge is 0.326 e. The number of nitrogens with one attached hydrogen (secondary N) is 1. The Morgan fingerprint density at radius 2 is 2.28 bits per heavy atom. The lowest BCUT2D eigenvalue weighted by atomic mass is 9.78. The molecule has 0 unspecified atom stereocenters. The van der Waals surface area contributed by atoms with Crippen LogP contribution in [0, 0.1) is 12.8 Å². The first-order valence-electron chi connectivity index (χ1n) is 6.04. The summed E-state index contributed by atoms with van der Waals surface area (Å²) in [6, 6.07) is 3.36. The fraction of sp³-hybridized carbons (Fsp3) is 0.357. The Balaban J connectivity index is 2.14. The molecular formula is C14H14ClNO2. The molecule has 0 fully saturated rings. The summed E-state index contributed by atoms with van der Waals surface area (Å²) in [5.74, 6) is -0.493. The van der Waals surface area contributed by atoms with Gasteiger partial charge in [0.1, 0.15) is 6.04 Å². The highest BCUT2D eigenvalue weighted by Crippen LogP contribution is 2.46. The van der Waals surface area contributed by atoms with E-state index in [9.17, 15) is 9.90 Å². The number of halogens is 1. The summed E-state index contributed by atoms with van der Waals surface area (Å²) in [5.41, 5.74) is 2.98. The average Bonchev–Trinajstić information content (AvgIpc) is 2.81. The first-order valence-corrected chi connectivity index (χ1v) is 6.42. The molecule has 3 rings (SSSR count). The lowest BCUT2D eigenvalue weighted by Crippen LogP contribution is -2.42. The van der Waals surface area contributed by atoms with Crippen molar-refractivity contribution in [1.29, 1.82) is 0 Å². The SMILES string of the molecule is Cc1c(Cl)ccc2c1N[C@H](C(=O)O)[C@H]1CC=C[C@@H]21. The van der Waals surface area contributed by atoms with Crippen LogP contribution in [0.1, 0.15) is 23.5 Å². The monoisotopic (exact) mass is 263 g/mol. The van der Waals surface area contributed by atoms with Gasteiger partial charge in [0.15, 0.2) is 0 Å². The Hall–Kier alpha value is -1.48. The van der Waals surface area contributed by atoms with Gasteiger partial charge in [-0.3, -0.25) is 0 Å². The summed E-state index contributed by atoms with van der Waals surface area (Å²) in [6.07, 6.45) is 5.01. The molecular weight excluding hydrogens is 250 g/mol. The Morgan fingerprint density at radius 1 is 1.50 bits per heavy atom. The molecule has 1 aliphatic heterocycles. The number of benzene rings is 1. The minimum atomic E-state index is -0.793. The number of aliphatic carboxylic acids is 1. The second-order valence-electron chi connectivity index (χ2n) is 4.95. The van der Waals surface area contributed by atoms with E-state index in [0.29, 0.717) is 5.02 Å². The third-order valence-corrected chi connectivity index (χ3v) is 4.41. The van der Waals surface area contributed by atoms with Gasteiger partial charge in [0.05, 0.1) is 0 Å². The van der Waals surface area contributed by atoms with Crippen molar-refractivity contribution in [3.63, 3.8) is 0 Å². The maximum absolute atomic E-state index is 11.4. The normalized spacial score (nSPS) is 28.4. The van der Waals surface area contributed by atoms with E-state index >= 15 is 0 Å². The van der Waals surface area contributed by atoms with Crippen molar-refractivity contribution in [2.24, 2.45) is 5.92 Å². The van der Waals surface area contributed by atoms with Gasteiger partial charge in [0.2, 0.25) is 0 Å². The number of hydrogen-bond acceptors (Lipinski definition) is 2. The molecule has 2 aliphatic rings. The largest absolute Gasteiger partial charge is 0.480 e. The number of allylic oxidation sites excluding steroid dienone is 2. The highest BCUT2D eigenvalue weighted by molar-refractivity contribution is 6.31. The molecule has 3 nitrogen and oxygen atoms in total. The summed E-state index contributed by atoms with van der Waals surface area (Å²) in [4.78, 5) is 11.4. The van der Waals surface area contributed by atoms with Crippen LogP contribution in [-0.2, 0) is 4.79 Å². The molecule has 2 N–H and O–H groups in total. The summed E-state index contributed by atoms with van der Waals surface area (Å²) < 4.78 is 0. The van der Waals surface area contributed by atoms with Crippen LogP contribution in [0.15, 0.2) is 24.3 Å². The average molecular weight is 264 g/mol. The van der Waals surface area contributed by atoms with E-state index in [1.54, 1.807) is 0 Å². The van der Waals surface area contributed by atoms with E-state index in [2.05, 4.69) is 17.5 Å². The number of anilines is 1. The Bertz CT molecular complexity index is 553. The van der Waals surface area contributed by atoms with Gasteiger partial charge in [-0.2, -0.15) is 0 Å². The van der Waals surface area contributed by atoms with E-state index in [4.69, 9.17) is 11.6 Å². The molecule has 94 valence electrons. The van der Waals surface area contributed by atoms with Crippen LogP contribution >= 0.6 is 11.6 Å². The van der Waals surface area contributed by atoms with E-state index in [1.165, 1.54) is 0 Å². The van der Waals surface area contributed by atoms with Crippen LogP contribution in [-0.4, -0.2) is 17.1 Å². The molecule has 1 aromatic rings. The van der Waals surface area contributed by atoms with Crippen LogP contribution in [0.25, 0.3) is 0 Å². The van der Waals surface area contributed by atoms with E-state index in [1.807, 2.05) is 19.1 Å². The van der Waals surface area contributed by atoms with Gasteiger partial charge < -0.3 is 10.4 Å². The molecule has 1 aliphatic carbocycles. The van der Waals surface area contributed by atoms with Crippen molar-refractivity contribution in [1.82, 2.24) is 0 Å². The molecule has 0 amide bonds. The molecule has 4 heteroatoms. The third kappa shape index (κ3) is 1.54. The van der Waals surface area contributed by atoms with Crippen LogP contribution in [0.5, 0.6) is 0 Å². The predicted octanol–water partition coefficient (Wildman–Crippen LogP) is 3.19. The molecule has 3 atom stereocenters. The molecule has 1 aromatic carbocycles. The van der Waals surface area contributed by atoms with Gasteiger partial charge in [0.25, 0.3) is 0 Å². The van der Waals surface area contributed by atoms with Gasteiger partial charge in [-0.15, -0.1) is 0 Å². The quantitative estimate of drug-likeness (QED) is 0.765.